The number of unbranched alkanes of at least 4 members (excludes halogenated alkanes) is 1. The van der Waals surface area contributed by atoms with Gasteiger partial charge in [0.25, 0.3) is 0 Å². The molecule has 1 rings (SSSR count). The number of likely N-dealkylation sites (tertiary alicyclic amines) is 1. The van der Waals surface area contributed by atoms with Crippen molar-refractivity contribution in [2.45, 2.75) is 32.6 Å². The zero-order chi connectivity index (χ0) is 16.8. The molecule has 0 spiro atoms. The zero-order valence-electron chi connectivity index (χ0n) is 15.7. The largest absolute Gasteiger partial charge is 0.383 e. The fourth-order valence-electron chi connectivity index (χ4n) is 2.75. The minimum Gasteiger partial charge on any atom is -0.383 e. The van der Waals surface area contributed by atoms with Crippen LogP contribution in [-0.2, 0) is 4.74 Å². The van der Waals surface area contributed by atoms with Gasteiger partial charge in [0, 0.05) is 33.3 Å². The number of halogens is 1. The Hall–Kier alpha value is 0.270. The third kappa shape index (κ3) is 11.8. The highest BCUT2D eigenvalue weighted by molar-refractivity contribution is 14.0. The number of nitrogens with zero attached hydrogens (tertiary/aromatic N) is 2. The van der Waals surface area contributed by atoms with Crippen molar-refractivity contribution in [2.75, 3.05) is 65.0 Å². The number of ether oxygens (including phenoxy) is 1. The number of methoxy groups -OCH3 is 1. The molecule has 0 amide bonds. The molecule has 1 saturated heterocycles. The van der Waals surface area contributed by atoms with Crippen molar-refractivity contribution < 1.29 is 4.74 Å². The van der Waals surface area contributed by atoms with Gasteiger partial charge < -0.3 is 20.3 Å². The van der Waals surface area contributed by atoms with Gasteiger partial charge in [-0.25, -0.2) is 0 Å². The molecule has 5 nitrogen and oxygen atoms in total. The zero-order valence-corrected chi connectivity index (χ0v) is 18.8. The molecule has 1 aliphatic rings. The highest BCUT2D eigenvalue weighted by Crippen LogP contribution is 2.17. The molecule has 0 aromatic carbocycles. The Morgan fingerprint density at radius 1 is 1.25 bits per heavy atom. The lowest BCUT2D eigenvalue weighted by Crippen LogP contribution is -2.39. The van der Waals surface area contributed by atoms with E-state index in [-0.39, 0.29) is 24.0 Å². The van der Waals surface area contributed by atoms with E-state index in [0.717, 1.165) is 44.7 Å². The van der Waals surface area contributed by atoms with E-state index in [1.54, 1.807) is 7.11 Å². The molecule has 144 valence electrons. The van der Waals surface area contributed by atoms with E-state index in [2.05, 4.69) is 28.7 Å². The molecular weight excluding hydrogens is 435 g/mol. The van der Waals surface area contributed by atoms with Gasteiger partial charge in [0.1, 0.15) is 0 Å². The van der Waals surface area contributed by atoms with Gasteiger partial charge in [0.15, 0.2) is 5.96 Å². The average Bonchev–Trinajstić information content (AvgIpc) is 2.58. The molecule has 0 aromatic rings. The Bertz CT molecular complexity index is 313. The Morgan fingerprint density at radius 3 is 2.62 bits per heavy atom. The number of thioether (sulfide) groups is 1. The lowest BCUT2D eigenvalue weighted by molar-refractivity contribution is 0.121. The molecule has 0 atom stereocenters. The maximum absolute atomic E-state index is 5.16. The molecule has 24 heavy (non-hydrogen) atoms. The molecule has 1 aliphatic heterocycles. The van der Waals surface area contributed by atoms with Crippen LogP contribution in [0.3, 0.4) is 0 Å². The molecule has 0 radical (unpaired) electrons. The van der Waals surface area contributed by atoms with Crippen LogP contribution in [0.4, 0.5) is 0 Å². The van der Waals surface area contributed by atoms with Crippen molar-refractivity contribution in [3.05, 3.63) is 0 Å². The number of hydrogen-bond donors (Lipinski definition) is 2. The first kappa shape index (κ1) is 24.3. The molecule has 0 aromatic heterocycles. The summed E-state index contributed by atoms with van der Waals surface area (Å²) in [6.45, 7) is 9.27. The van der Waals surface area contributed by atoms with Gasteiger partial charge in [-0.15, -0.1) is 24.0 Å². The lowest BCUT2D eigenvalue weighted by atomic mass is 9.97. The third-order valence-electron chi connectivity index (χ3n) is 4.24. The van der Waals surface area contributed by atoms with Gasteiger partial charge in [0.05, 0.1) is 6.61 Å². The van der Waals surface area contributed by atoms with Gasteiger partial charge in [-0.3, -0.25) is 4.99 Å². The number of rotatable bonds is 11. The van der Waals surface area contributed by atoms with Crippen molar-refractivity contribution in [3.63, 3.8) is 0 Å². The standard InChI is InChI=1S/C17H36N4OS.HI/c1-4-18-17(19-9-5-6-14-23-3)20-15-16-7-10-21(11-8-16)12-13-22-2;/h16H,4-15H2,1-3H3,(H2,18,19,20);1H. The van der Waals surface area contributed by atoms with Gasteiger partial charge in [0.2, 0.25) is 0 Å². The predicted octanol–water partition coefficient (Wildman–Crippen LogP) is 2.66. The second kappa shape index (κ2) is 16.7. The smallest absolute Gasteiger partial charge is 0.191 e. The minimum atomic E-state index is 0. The monoisotopic (exact) mass is 472 g/mol. The number of guanidine groups is 1. The maximum atomic E-state index is 5.16. The fraction of sp³-hybridized carbons (Fsp3) is 0.941. The summed E-state index contributed by atoms with van der Waals surface area (Å²) in [6.07, 6.45) is 7.15. The molecule has 7 heteroatoms. The van der Waals surface area contributed by atoms with Crippen LogP contribution in [0, 0.1) is 5.92 Å². The normalized spacial score (nSPS) is 16.7. The van der Waals surface area contributed by atoms with Gasteiger partial charge in [-0.1, -0.05) is 0 Å². The first-order valence-electron chi connectivity index (χ1n) is 9.02. The molecule has 0 bridgehead atoms. The quantitative estimate of drug-likeness (QED) is 0.210. The number of aliphatic imine (C=N–C) groups is 1. The second-order valence-corrected chi connectivity index (χ2v) is 7.11. The van der Waals surface area contributed by atoms with Gasteiger partial charge in [-0.05, 0) is 63.6 Å². The Labute approximate surface area is 170 Å². The maximum Gasteiger partial charge on any atom is 0.191 e. The van der Waals surface area contributed by atoms with E-state index in [1.807, 2.05) is 11.8 Å². The molecule has 2 N–H and O–H groups in total. The van der Waals surface area contributed by atoms with Crippen LogP contribution in [0.1, 0.15) is 32.6 Å². The summed E-state index contributed by atoms with van der Waals surface area (Å²) in [5, 5.41) is 6.82. The van der Waals surface area contributed by atoms with E-state index in [1.165, 1.54) is 44.5 Å². The van der Waals surface area contributed by atoms with Crippen molar-refractivity contribution in [2.24, 2.45) is 10.9 Å². The molecular formula is C17H37IN4OS. The highest BCUT2D eigenvalue weighted by atomic mass is 127. The predicted molar refractivity (Wildman–Crippen MR) is 118 cm³/mol. The first-order valence-corrected chi connectivity index (χ1v) is 10.4. The summed E-state index contributed by atoms with van der Waals surface area (Å²) in [7, 11) is 1.78. The molecule has 0 unspecified atom stereocenters. The summed E-state index contributed by atoms with van der Waals surface area (Å²) in [5.74, 6) is 2.95. The van der Waals surface area contributed by atoms with Crippen LogP contribution >= 0.6 is 35.7 Å². The van der Waals surface area contributed by atoms with Crippen LogP contribution in [0.15, 0.2) is 4.99 Å². The molecule has 1 fully saturated rings. The SMILES string of the molecule is CCNC(=NCC1CCN(CCOC)CC1)NCCCCSC.I. The topological polar surface area (TPSA) is 48.9 Å². The van der Waals surface area contributed by atoms with Crippen LogP contribution in [0.25, 0.3) is 0 Å². The van der Waals surface area contributed by atoms with Crippen molar-refractivity contribution in [1.29, 1.82) is 0 Å². The molecule has 1 heterocycles. The second-order valence-electron chi connectivity index (χ2n) is 6.12. The van der Waals surface area contributed by atoms with Crippen molar-refractivity contribution >= 4 is 41.7 Å². The van der Waals surface area contributed by atoms with E-state index in [4.69, 9.17) is 9.73 Å². The number of piperidine rings is 1. The molecule has 0 saturated carbocycles. The molecule has 0 aliphatic carbocycles. The van der Waals surface area contributed by atoms with E-state index in [0.29, 0.717) is 0 Å². The van der Waals surface area contributed by atoms with E-state index in [9.17, 15) is 0 Å². The van der Waals surface area contributed by atoms with Gasteiger partial charge in [-0.2, -0.15) is 11.8 Å². The minimum absolute atomic E-state index is 0. The number of hydrogen-bond acceptors (Lipinski definition) is 4. The van der Waals surface area contributed by atoms with Crippen molar-refractivity contribution in [1.82, 2.24) is 15.5 Å². The van der Waals surface area contributed by atoms with E-state index >= 15 is 0 Å². The summed E-state index contributed by atoms with van der Waals surface area (Å²) in [4.78, 5) is 7.29. The number of nitrogens with one attached hydrogen (secondary N) is 2. The van der Waals surface area contributed by atoms with Crippen LogP contribution < -0.4 is 10.6 Å². The Balaban J connectivity index is 0.00000529. The van der Waals surface area contributed by atoms with Crippen LogP contribution in [0.2, 0.25) is 0 Å². The average molecular weight is 472 g/mol. The van der Waals surface area contributed by atoms with Crippen LogP contribution in [0.5, 0.6) is 0 Å². The highest BCUT2D eigenvalue weighted by Gasteiger charge is 2.18. The summed E-state index contributed by atoms with van der Waals surface area (Å²) in [6, 6.07) is 0. The Kier molecular flexibility index (Phi) is 16.9. The summed E-state index contributed by atoms with van der Waals surface area (Å²) < 4.78 is 5.16. The Morgan fingerprint density at radius 2 is 2.00 bits per heavy atom. The van der Waals surface area contributed by atoms with Crippen LogP contribution in [-0.4, -0.2) is 75.9 Å². The summed E-state index contributed by atoms with van der Waals surface area (Å²) >= 11 is 1.92. The lowest BCUT2D eigenvalue weighted by Gasteiger charge is -2.31. The van der Waals surface area contributed by atoms with Crippen molar-refractivity contribution in [3.8, 4) is 0 Å². The fourth-order valence-corrected chi connectivity index (χ4v) is 3.25. The van der Waals surface area contributed by atoms with E-state index < -0.39 is 0 Å². The van der Waals surface area contributed by atoms with Gasteiger partial charge >= 0.3 is 0 Å². The summed E-state index contributed by atoms with van der Waals surface area (Å²) in [5.41, 5.74) is 0. The first-order chi connectivity index (χ1) is 11.3. The third-order valence-corrected chi connectivity index (χ3v) is 4.94.